The van der Waals surface area contributed by atoms with Crippen molar-refractivity contribution in [3.63, 3.8) is 0 Å². The number of rotatable bonds is 3. The van der Waals surface area contributed by atoms with Gasteiger partial charge in [0.2, 0.25) is 0 Å². The summed E-state index contributed by atoms with van der Waals surface area (Å²) in [7, 11) is 0. The largest absolute Gasteiger partial charge is 0.494 e. The van der Waals surface area contributed by atoms with E-state index in [0.29, 0.717) is 17.5 Å². The molecule has 2 aromatic carbocycles. The van der Waals surface area contributed by atoms with Gasteiger partial charge in [-0.05, 0) is 43.5 Å². The van der Waals surface area contributed by atoms with E-state index in [2.05, 4.69) is 26.3 Å². The number of amidine groups is 1. The van der Waals surface area contributed by atoms with Gasteiger partial charge in [-0.1, -0.05) is 39.8 Å². The predicted octanol–water partition coefficient (Wildman–Crippen LogP) is 2.35. The molecular weight excluding hydrogens is 428 g/mol. The fourth-order valence-corrected chi connectivity index (χ4v) is 3.82. The molecule has 0 radical (unpaired) electrons. The number of hydrazone groups is 1. The van der Waals surface area contributed by atoms with Crippen LogP contribution in [-0.4, -0.2) is 28.9 Å². The van der Waals surface area contributed by atoms with Gasteiger partial charge in [-0.2, -0.15) is 0 Å². The fraction of sp³-hybridized carbons (Fsp3) is 0.211. The Bertz CT molecular complexity index is 1070. The molecule has 0 spiro atoms. The van der Waals surface area contributed by atoms with Crippen LogP contribution in [0, 0.1) is 0 Å². The number of hydrogen-bond acceptors (Lipinski definition) is 6. The topological polar surface area (TPSA) is 66.3 Å². The Morgan fingerprint density at radius 1 is 1.30 bits per heavy atom. The smallest absolute Gasteiger partial charge is 0.276 e. The highest BCUT2D eigenvalue weighted by atomic mass is 79.9. The van der Waals surface area contributed by atoms with Crippen molar-refractivity contribution >= 4 is 44.5 Å². The summed E-state index contributed by atoms with van der Waals surface area (Å²) in [6, 6.07) is 13.5. The molecule has 1 unspecified atom stereocenters. The molecule has 4 rings (SSSR count). The number of nitrogens with zero attached hydrogens (tertiary/aromatic N) is 3. The van der Waals surface area contributed by atoms with Crippen LogP contribution in [0.3, 0.4) is 0 Å². The molecule has 0 saturated heterocycles. The van der Waals surface area contributed by atoms with Crippen LogP contribution >= 0.6 is 27.7 Å². The maximum Gasteiger partial charge on any atom is 0.276 e. The highest BCUT2D eigenvalue weighted by Crippen LogP contribution is 2.32. The molecule has 1 N–H and O–H groups in total. The number of halogens is 1. The predicted molar refractivity (Wildman–Crippen MR) is 110 cm³/mol. The zero-order valence-electron chi connectivity index (χ0n) is 14.8. The van der Waals surface area contributed by atoms with Gasteiger partial charge in [-0.15, -0.1) is 5.10 Å². The first-order valence-electron chi connectivity index (χ1n) is 8.44. The maximum absolute atomic E-state index is 12.9. The number of nitrogens with one attached hydrogen (secondary N) is 1. The van der Waals surface area contributed by atoms with Gasteiger partial charge in [0.25, 0.3) is 5.91 Å². The highest BCUT2D eigenvalue weighted by molar-refractivity contribution is 9.10. The third-order valence-corrected chi connectivity index (χ3v) is 5.29. The van der Waals surface area contributed by atoms with E-state index in [1.54, 1.807) is 5.01 Å². The van der Waals surface area contributed by atoms with Crippen molar-refractivity contribution in [2.24, 2.45) is 10.1 Å². The van der Waals surface area contributed by atoms with Gasteiger partial charge in [0.15, 0.2) is 11.3 Å². The summed E-state index contributed by atoms with van der Waals surface area (Å²) in [5, 5.41) is 11.2. The number of carbonyl (C=O) groups excluding carboxylic acids is 1. The normalized spacial score (nSPS) is 18.1. The van der Waals surface area contributed by atoms with Gasteiger partial charge < -0.3 is 4.74 Å². The summed E-state index contributed by atoms with van der Waals surface area (Å²) in [6.07, 6.45) is 1.43. The molecule has 0 bridgehead atoms. The van der Waals surface area contributed by atoms with Gasteiger partial charge in [-0.3, -0.25) is 15.1 Å². The van der Waals surface area contributed by atoms with Gasteiger partial charge in [0.1, 0.15) is 11.4 Å². The second-order valence-corrected chi connectivity index (χ2v) is 7.64. The molecule has 138 valence electrons. The van der Waals surface area contributed by atoms with Gasteiger partial charge >= 0.3 is 0 Å². The summed E-state index contributed by atoms with van der Waals surface area (Å²) in [4.78, 5) is 17.7. The van der Waals surface area contributed by atoms with Crippen LogP contribution in [0.5, 0.6) is 5.75 Å². The first-order valence-corrected chi connectivity index (χ1v) is 10.5. The Morgan fingerprint density at radius 3 is 2.93 bits per heavy atom. The third kappa shape index (κ3) is 3.35. The van der Waals surface area contributed by atoms with Crippen LogP contribution in [0.15, 0.2) is 57.0 Å². The lowest BCUT2D eigenvalue weighted by Crippen LogP contribution is -2.50. The number of amides is 1. The van der Waals surface area contributed by atoms with Crippen LogP contribution in [0.2, 0.25) is 0 Å². The molecular formula is C19H17BrN4O2S. The first-order chi connectivity index (χ1) is 13.1. The van der Waals surface area contributed by atoms with Gasteiger partial charge in [-0.25, -0.2) is 5.01 Å². The molecule has 0 aromatic heterocycles. The van der Waals surface area contributed by atoms with Crippen molar-refractivity contribution < 1.29 is 9.53 Å². The van der Waals surface area contributed by atoms with E-state index in [1.165, 1.54) is 11.8 Å². The number of hydrogen-bond donors (Lipinski definition) is 1. The molecule has 8 heteroatoms. The van der Waals surface area contributed by atoms with E-state index >= 15 is 0 Å². The van der Waals surface area contributed by atoms with Crippen LogP contribution in [0.1, 0.15) is 18.7 Å². The fourth-order valence-electron chi connectivity index (χ4n) is 3.09. The number of ether oxygens (including phenoxy) is 1. The van der Waals surface area contributed by atoms with E-state index in [-0.39, 0.29) is 5.91 Å². The zero-order valence-corrected chi connectivity index (χ0v) is 17.2. The summed E-state index contributed by atoms with van der Waals surface area (Å²) < 4.78 is 6.51. The van der Waals surface area contributed by atoms with Gasteiger partial charge in [0.05, 0.1) is 12.0 Å². The van der Waals surface area contributed by atoms with E-state index in [4.69, 9.17) is 9.73 Å². The first kappa shape index (κ1) is 18.1. The molecule has 2 aliphatic heterocycles. The van der Waals surface area contributed by atoms with E-state index < -0.39 is 6.17 Å². The molecule has 0 aliphatic carbocycles. The molecule has 0 fully saturated rings. The molecule has 27 heavy (non-hydrogen) atoms. The average molecular weight is 445 g/mol. The second kappa shape index (κ2) is 7.36. The number of thioether (sulfide) groups is 1. The monoisotopic (exact) mass is 444 g/mol. The van der Waals surface area contributed by atoms with Crippen LogP contribution in [0.4, 0.5) is 0 Å². The van der Waals surface area contributed by atoms with E-state index in [1.807, 2.05) is 55.6 Å². The van der Waals surface area contributed by atoms with Crippen molar-refractivity contribution in [1.29, 1.82) is 0 Å². The zero-order chi connectivity index (χ0) is 19.0. The van der Waals surface area contributed by atoms with Crippen molar-refractivity contribution in [2.75, 3.05) is 12.9 Å². The van der Waals surface area contributed by atoms with Gasteiger partial charge in [0, 0.05) is 15.3 Å². The lowest BCUT2D eigenvalue weighted by molar-refractivity contribution is -0.116. The van der Waals surface area contributed by atoms with Crippen molar-refractivity contribution in [3.05, 3.63) is 63.1 Å². The summed E-state index contributed by atoms with van der Waals surface area (Å²) in [6.45, 7) is 2.53. The van der Waals surface area contributed by atoms with Crippen LogP contribution < -0.4 is 20.6 Å². The van der Waals surface area contributed by atoms with E-state index in [9.17, 15) is 4.79 Å². The molecule has 2 heterocycles. The third-order valence-electron chi connectivity index (χ3n) is 4.23. The molecule has 2 aromatic rings. The maximum atomic E-state index is 12.9. The standard InChI is InChI=1S/C19H17BrN4O2S/c1-3-26-13-6-4-5-11(9-13)17-21-15-8-7-12(20)10-14(15)16-18(25)22-19(27-2)23-24(16)17/h4-10,17H,3H2,1-2H3,(H,22,23,25). The quantitative estimate of drug-likeness (QED) is 0.788. The lowest BCUT2D eigenvalue weighted by Gasteiger charge is -2.34. The average Bonchev–Trinajstić information content (AvgIpc) is 2.67. The summed E-state index contributed by atoms with van der Waals surface area (Å²) in [5.74, 6) is 0.582. The Balaban J connectivity index is 1.94. The number of fused-ring (bicyclic) bond motifs is 2. The van der Waals surface area contributed by atoms with Crippen molar-refractivity contribution in [3.8, 4) is 5.75 Å². The van der Waals surface area contributed by atoms with E-state index in [0.717, 1.165) is 26.4 Å². The van der Waals surface area contributed by atoms with Crippen LogP contribution in [-0.2, 0) is 4.79 Å². The Hall–Kier alpha value is -2.32. The molecule has 0 saturated carbocycles. The molecule has 6 nitrogen and oxygen atoms in total. The van der Waals surface area contributed by atoms with Crippen LogP contribution in [0.25, 0.3) is 5.70 Å². The second-order valence-electron chi connectivity index (χ2n) is 5.93. The Kier molecular flexibility index (Phi) is 4.92. The van der Waals surface area contributed by atoms with Crippen molar-refractivity contribution in [1.82, 2.24) is 10.3 Å². The Labute approximate surface area is 169 Å². The number of carbonyl (C=O) groups is 1. The molecule has 1 atom stereocenters. The SMILES string of the molecule is CCOc1cccc(C2N=c3ccc(Br)cc3=C3C(=O)NC(SC)=NN32)c1. The van der Waals surface area contributed by atoms with Crippen molar-refractivity contribution in [2.45, 2.75) is 13.1 Å². The lowest BCUT2D eigenvalue weighted by atomic mass is 10.1. The minimum absolute atomic E-state index is 0.186. The summed E-state index contributed by atoms with van der Waals surface area (Å²) >= 11 is 4.86. The Morgan fingerprint density at radius 2 is 2.15 bits per heavy atom. The minimum Gasteiger partial charge on any atom is -0.494 e. The number of benzene rings is 2. The minimum atomic E-state index is -0.442. The highest BCUT2D eigenvalue weighted by Gasteiger charge is 2.34. The molecule has 2 aliphatic rings. The summed E-state index contributed by atoms with van der Waals surface area (Å²) in [5.41, 5.74) is 1.40. The molecule has 1 amide bonds.